The highest BCUT2D eigenvalue weighted by atomic mass is 35.5. The summed E-state index contributed by atoms with van der Waals surface area (Å²) in [6, 6.07) is 7.27. The van der Waals surface area contributed by atoms with E-state index in [4.69, 9.17) is 11.6 Å². The molecule has 0 spiro atoms. The Hall–Kier alpha value is -1.55. The number of carbonyl (C=O) groups is 2. The van der Waals surface area contributed by atoms with Crippen LogP contribution in [0.1, 0.15) is 18.9 Å². The number of hydrogen-bond acceptors (Lipinski definition) is 2. The van der Waals surface area contributed by atoms with Crippen LogP contribution >= 0.6 is 11.6 Å². The summed E-state index contributed by atoms with van der Waals surface area (Å²) in [5.41, 5.74) is 1.08. The first kappa shape index (κ1) is 14.5. The van der Waals surface area contributed by atoms with E-state index in [2.05, 4.69) is 10.6 Å². The summed E-state index contributed by atoms with van der Waals surface area (Å²) in [4.78, 5) is 22.0. The third-order valence-corrected chi connectivity index (χ3v) is 2.59. The van der Waals surface area contributed by atoms with Crippen LogP contribution in [0.25, 0.3) is 0 Å². The van der Waals surface area contributed by atoms with Gasteiger partial charge >= 0.3 is 6.03 Å². The van der Waals surface area contributed by atoms with Gasteiger partial charge in [-0.1, -0.05) is 23.7 Å². The zero-order valence-electron chi connectivity index (χ0n) is 10.3. The predicted molar refractivity (Wildman–Crippen MR) is 71.9 cm³/mol. The van der Waals surface area contributed by atoms with Gasteiger partial charge < -0.3 is 10.6 Å². The molecule has 0 aliphatic carbocycles. The molecular formula is C13H17ClN2O2. The fourth-order valence-electron chi connectivity index (χ4n) is 1.43. The van der Waals surface area contributed by atoms with Crippen LogP contribution in [0.3, 0.4) is 0 Å². The van der Waals surface area contributed by atoms with Gasteiger partial charge in [-0.3, -0.25) is 4.79 Å². The Morgan fingerprint density at radius 2 is 1.94 bits per heavy atom. The quantitative estimate of drug-likeness (QED) is 0.831. The van der Waals surface area contributed by atoms with Crippen LogP contribution in [0.4, 0.5) is 4.79 Å². The Labute approximate surface area is 112 Å². The normalized spacial score (nSPS) is 9.89. The molecule has 5 heteroatoms. The number of hydrogen-bond donors (Lipinski definition) is 2. The number of Topliss-reactive ketones (excluding diaryl/α,β-unsaturated/α-hetero) is 1. The van der Waals surface area contributed by atoms with Gasteiger partial charge in [0.1, 0.15) is 5.78 Å². The molecule has 18 heavy (non-hydrogen) atoms. The number of carbonyl (C=O) groups excluding carboxylic acids is 2. The number of ketones is 1. The van der Waals surface area contributed by atoms with E-state index in [0.29, 0.717) is 24.5 Å². The molecular weight excluding hydrogens is 252 g/mol. The molecule has 1 rings (SSSR count). The molecule has 0 aromatic heterocycles. The van der Waals surface area contributed by atoms with Gasteiger partial charge in [-0.25, -0.2) is 4.79 Å². The first-order valence-electron chi connectivity index (χ1n) is 5.83. The molecule has 0 saturated heterocycles. The molecule has 0 saturated carbocycles. The molecule has 4 nitrogen and oxygen atoms in total. The van der Waals surface area contributed by atoms with Gasteiger partial charge in [0.05, 0.1) is 0 Å². The predicted octanol–water partition coefficient (Wildman–Crippen LogP) is 2.16. The van der Waals surface area contributed by atoms with Crippen LogP contribution in [-0.4, -0.2) is 24.9 Å². The Balaban J connectivity index is 2.17. The molecule has 0 atom stereocenters. The van der Waals surface area contributed by atoms with Gasteiger partial charge in [-0.2, -0.15) is 0 Å². The van der Waals surface area contributed by atoms with Crippen molar-refractivity contribution in [3.05, 3.63) is 34.9 Å². The molecule has 0 aliphatic rings. The summed E-state index contributed by atoms with van der Waals surface area (Å²) >= 11 is 5.85. The minimum absolute atomic E-state index is 0.0641. The van der Waals surface area contributed by atoms with Gasteiger partial charge in [-0.15, -0.1) is 0 Å². The maximum Gasteiger partial charge on any atom is 0.314 e. The van der Waals surface area contributed by atoms with Crippen LogP contribution in [0, 0.1) is 0 Å². The van der Waals surface area contributed by atoms with Crippen molar-refractivity contribution in [1.82, 2.24) is 10.6 Å². The number of urea groups is 1. The van der Waals surface area contributed by atoms with E-state index in [9.17, 15) is 9.59 Å². The van der Waals surface area contributed by atoms with Gasteiger partial charge in [0, 0.05) is 24.5 Å². The van der Waals surface area contributed by atoms with Gasteiger partial charge in [-0.05, 0) is 31.0 Å². The zero-order chi connectivity index (χ0) is 13.4. The fraction of sp³-hybridized carbons (Fsp3) is 0.385. The first-order chi connectivity index (χ1) is 8.58. The highest BCUT2D eigenvalue weighted by Crippen LogP contribution is 2.10. The van der Waals surface area contributed by atoms with E-state index in [1.807, 2.05) is 24.3 Å². The summed E-state index contributed by atoms with van der Waals surface area (Å²) in [7, 11) is 0. The maximum absolute atomic E-state index is 11.3. The number of amides is 2. The van der Waals surface area contributed by atoms with Crippen molar-refractivity contribution < 1.29 is 9.59 Å². The lowest BCUT2D eigenvalue weighted by molar-refractivity contribution is -0.116. The maximum atomic E-state index is 11.3. The SMILES string of the molecule is CC(=O)CCNC(=O)NCCc1cccc(Cl)c1. The molecule has 1 aromatic rings. The minimum Gasteiger partial charge on any atom is -0.338 e. The summed E-state index contributed by atoms with van der Waals surface area (Å²) in [5, 5.41) is 6.03. The molecule has 0 bridgehead atoms. The molecule has 0 heterocycles. The van der Waals surface area contributed by atoms with E-state index in [1.54, 1.807) is 0 Å². The van der Waals surface area contributed by atoms with Crippen molar-refractivity contribution in [2.75, 3.05) is 13.1 Å². The second-order valence-electron chi connectivity index (χ2n) is 4.01. The Morgan fingerprint density at radius 3 is 2.61 bits per heavy atom. The standard InChI is InChI=1S/C13H17ClN2O2/c1-10(17)5-7-15-13(18)16-8-6-11-3-2-4-12(14)9-11/h2-4,9H,5-8H2,1H3,(H2,15,16,18). The lowest BCUT2D eigenvalue weighted by Crippen LogP contribution is -2.37. The largest absolute Gasteiger partial charge is 0.338 e. The summed E-state index contributed by atoms with van der Waals surface area (Å²) in [6.07, 6.45) is 1.09. The topological polar surface area (TPSA) is 58.2 Å². The van der Waals surface area contributed by atoms with Crippen LogP contribution < -0.4 is 10.6 Å². The molecule has 1 aromatic carbocycles. The molecule has 0 unspecified atom stereocenters. The van der Waals surface area contributed by atoms with Crippen molar-refractivity contribution >= 4 is 23.4 Å². The molecule has 0 aliphatic heterocycles. The summed E-state index contributed by atoms with van der Waals surface area (Å²) in [5.74, 6) is 0.0641. The van der Waals surface area contributed by atoms with E-state index in [-0.39, 0.29) is 11.8 Å². The fourth-order valence-corrected chi connectivity index (χ4v) is 1.64. The molecule has 0 fully saturated rings. The second kappa shape index (κ2) is 7.71. The monoisotopic (exact) mass is 268 g/mol. The van der Waals surface area contributed by atoms with E-state index < -0.39 is 0 Å². The Kier molecular flexibility index (Phi) is 6.22. The van der Waals surface area contributed by atoms with E-state index in [0.717, 1.165) is 12.0 Å². The van der Waals surface area contributed by atoms with Crippen LogP contribution in [-0.2, 0) is 11.2 Å². The molecule has 2 amide bonds. The number of halogens is 1. The molecule has 2 N–H and O–H groups in total. The third-order valence-electron chi connectivity index (χ3n) is 2.35. The lowest BCUT2D eigenvalue weighted by atomic mass is 10.1. The lowest BCUT2D eigenvalue weighted by Gasteiger charge is -2.07. The zero-order valence-corrected chi connectivity index (χ0v) is 11.1. The molecule has 98 valence electrons. The van der Waals surface area contributed by atoms with Crippen molar-refractivity contribution in [3.8, 4) is 0 Å². The third kappa shape index (κ3) is 6.25. The van der Waals surface area contributed by atoms with E-state index in [1.165, 1.54) is 6.92 Å². The van der Waals surface area contributed by atoms with Gasteiger partial charge in [0.2, 0.25) is 0 Å². The Morgan fingerprint density at radius 1 is 1.22 bits per heavy atom. The summed E-state index contributed by atoms with van der Waals surface area (Å²) < 4.78 is 0. The van der Waals surface area contributed by atoms with Crippen LogP contribution in [0.2, 0.25) is 5.02 Å². The molecule has 0 radical (unpaired) electrons. The van der Waals surface area contributed by atoms with Crippen LogP contribution in [0.15, 0.2) is 24.3 Å². The van der Waals surface area contributed by atoms with E-state index >= 15 is 0 Å². The number of nitrogens with one attached hydrogen (secondary N) is 2. The smallest absolute Gasteiger partial charge is 0.314 e. The average molecular weight is 269 g/mol. The van der Waals surface area contributed by atoms with Gasteiger partial charge in [0.25, 0.3) is 0 Å². The second-order valence-corrected chi connectivity index (χ2v) is 4.45. The van der Waals surface area contributed by atoms with Crippen molar-refractivity contribution in [1.29, 1.82) is 0 Å². The van der Waals surface area contributed by atoms with Crippen molar-refractivity contribution in [2.45, 2.75) is 19.8 Å². The number of rotatable bonds is 6. The summed E-state index contributed by atoms with van der Waals surface area (Å²) in [6.45, 7) is 2.41. The first-order valence-corrected chi connectivity index (χ1v) is 6.21. The Bertz CT molecular complexity index is 421. The minimum atomic E-state index is -0.252. The van der Waals surface area contributed by atoms with Crippen molar-refractivity contribution in [2.24, 2.45) is 0 Å². The average Bonchev–Trinajstić information content (AvgIpc) is 2.28. The number of benzene rings is 1. The highest BCUT2D eigenvalue weighted by molar-refractivity contribution is 6.30. The van der Waals surface area contributed by atoms with Crippen molar-refractivity contribution in [3.63, 3.8) is 0 Å². The van der Waals surface area contributed by atoms with Crippen LogP contribution in [0.5, 0.6) is 0 Å². The van der Waals surface area contributed by atoms with Gasteiger partial charge in [0.15, 0.2) is 0 Å². The highest BCUT2D eigenvalue weighted by Gasteiger charge is 2.00.